The first-order valence-electron chi connectivity index (χ1n) is 5.01. The molecule has 0 heterocycles. The standard InChI is InChI=1S/C12H14N2O3/c1-8-4-6-10(7-5-8)13-14-11(9(2)15)12(16)17-3/h4-7,15H,1-3H3. The van der Waals surface area contributed by atoms with E-state index in [1.165, 1.54) is 14.0 Å². The number of methoxy groups -OCH3 is 1. The summed E-state index contributed by atoms with van der Waals surface area (Å²) in [7, 11) is 1.21. The summed E-state index contributed by atoms with van der Waals surface area (Å²) in [5.74, 6) is -0.950. The lowest BCUT2D eigenvalue weighted by atomic mass is 10.2. The van der Waals surface area contributed by atoms with Gasteiger partial charge in [-0.15, -0.1) is 5.11 Å². The van der Waals surface area contributed by atoms with Gasteiger partial charge in [0.25, 0.3) is 0 Å². The van der Waals surface area contributed by atoms with Crippen molar-refractivity contribution in [3.05, 3.63) is 41.3 Å². The van der Waals surface area contributed by atoms with E-state index in [-0.39, 0.29) is 11.5 Å². The topological polar surface area (TPSA) is 71.2 Å². The molecule has 1 aromatic carbocycles. The lowest BCUT2D eigenvalue weighted by Crippen LogP contribution is -2.04. The summed E-state index contributed by atoms with van der Waals surface area (Å²) in [6, 6.07) is 7.28. The van der Waals surface area contributed by atoms with E-state index in [1.54, 1.807) is 12.1 Å². The lowest BCUT2D eigenvalue weighted by Gasteiger charge is -1.99. The van der Waals surface area contributed by atoms with Crippen LogP contribution in [0.2, 0.25) is 0 Å². The molecule has 0 bridgehead atoms. The zero-order chi connectivity index (χ0) is 12.8. The van der Waals surface area contributed by atoms with Crippen LogP contribution < -0.4 is 0 Å². The van der Waals surface area contributed by atoms with E-state index in [1.807, 2.05) is 19.1 Å². The molecule has 1 rings (SSSR count). The number of benzene rings is 1. The number of aryl methyl sites for hydroxylation is 1. The number of ether oxygens (including phenoxy) is 1. The maximum absolute atomic E-state index is 11.2. The van der Waals surface area contributed by atoms with Gasteiger partial charge >= 0.3 is 5.97 Å². The minimum Gasteiger partial charge on any atom is -0.510 e. The van der Waals surface area contributed by atoms with Crippen LogP contribution in [0, 0.1) is 6.92 Å². The Balaban J connectivity index is 2.92. The fourth-order valence-electron chi connectivity index (χ4n) is 1.08. The Hall–Kier alpha value is -2.17. The molecule has 0 aliphatic rings. The number of nitrogens with zero attached hydrogens (tertiary/aromatic N) is 2. The van der Waals surface area contributed by atoms with Crippen LogP contribution in [-0.4, -0.2) is 18.2 Å². The van der Waals surface area contributed by atoms with Gasteiger partial charge in [0.15, 0.2) is 0 Å². The zero-order valence-corrected chi connectivity index (χ0v) is 9.97. The summed E-state index contributed by atoms with van der Waals surface area (Å²) in [5, 5.41) is 16.8. The number of azo groups is 1. The van der Waals surface area contributed by atoms with Gasteiger partial charge in [0, 0.05) is 0 Å². The maximum Gasteiger partial charge on any atom is 0.362 e. The van der Waals surface area contributed by atoms with Crippen molar-refractivity contribution in [3.63, 3.8) is 0 Å². The van der Waals surface area contributed by atoms with Crippen LogP contribution in [0.3, 0.4) is 0 Å². The molecular weight excluding hydrogens is 220 g/mol. The van der Waals surface area contributed by atoms with Crippen molar-refractivity contribution in [2.75, 3.05) is 7.11 Å². The monoisotopic (exact) mass is 234 g/mol. The smallest absolute Gasteiger partial charge is 0.362 e. The first kappa shape index (κ1) is 12.9. The molecule has 5 heteroatoms. The normalized spacial score (nSPS) is 12.4. The predicted molar refractivity (Wildman–Crippen MR) is 63.0 cm³/mol. The zero-order valence-electron chi connectivity index (χ0n) is 9.97. The Morgan fingerprint density at radius 3 is 2.35 bits per heavy atom. The molecule has 0 saturated carbocycles. The molecular formula is C12H14N2O3. The number of hydrogen-bond acceptors (Lipinski definition) is 5. The molecule has 0 aliphatic heterocycles. The van der Waals surface area contributed by atoms with E-state index in [0.29, 0.717) is 5.69 Å². The molecule has 0 saturated heterocycles. The van der Waals surface area contributed by atoms with Gasteiger partial charge in [0.2, 0.25) is 5.70 Å². The molecule has 90 valence electrons. The maximum atomic E-state index is 11.2. The van der Waals surface area contributed by atoms with Gasteiger partial charge in [-0.3, -0.25) is 0 Å². The van der Waals surface area contributed by atoms with E-state index in [4.69, 9.17) is 0 Å². The minimum atomic E-state index is -0.721. The van der Waals surface area contributed by atoms with Crippen molar-refractivity contribution in [2.24, 2.45) is 10.2 Å². The van der Waals surface area contributed by atoms with E-state index in [9.17, 15) is 9.90 Å². The first-order valence-corrected chi connectivity index (χ1v) is 5.01. The molecule has 0 amide bonds. The molecule has 0 spiro atoms. The third-order valence-corrected chi connectivity index (χ3v) is 2.02. The Morgan fingerprint density at radius 2 is 1.88 bits per heavy atom. The molecule has 0 unspecified atom stereocenters. The number of allylic oxidation sites excluding steroid dienone is 1. The summed E-state index contributed by atoms with van der Waals surface area (Å²) in [5.41, 5.74) is 1.50. The molecule has 5 nitrogen and oxygen atoms in total. The summed E-state index contributed by atoms with van der Waals surface area (Å²) in [6.45, 7) is 3.30. The molecule has 0 radical (unpaired) electrons. The fourth-order valence-corrected chi connectivity index (χ4v) is 1.08. The molecule has 0 atom stereocenters. The van der Waals surface area contributed by atoms with E-state index >= 15 is 0 Å². The van der Waals surface area contributed by atoms with Gasteiger partial charge < -0.3 is 9.84 Å². The average Bonchev–Trinajstić information content (AvgIpc) is 2.31. The minimum absolute atomic E-state index is 0.201. The number of rotatable bonds is 3. The number of carbonyl (C=O) groups excluding carboxylic acids is 1. The Morgan fingerprint density at radius 1 is 1.29 bits per heavy atom. The molecule has 0 aromatic heterocycles. The molecule has 17 heavy (non-hydrogen) atoms. The van der Waals surface area contributed by atoms with Gasteiger partial charge in [-0.2, -0.15) is 5.11 Å². The fraction of sp³-hybridized carbons (Fsp3) is 0.250. The van der Waals surface area contributed by atoms with Crippen LogP contribution in [0.15, 0.2) is 46.0 Å². The third kappa shape index (κ3) is 3.71. The Labute approximate surface area is 99.4 Å². The van der Waals surface area contributed by atoms with Crippen molar-refractivity contribution < 1.29 is 14.6 Å². The van der Waals surface area contributed by atoms with Crippen LogP contribution in [-0.2, 0) is 9.53 Å². The van der Waals surface area contributed by atoms with Crippen molar-refractivity contribution in [1.29, 1.82) is 0 Å². The van der Waals surface area contributed by atoms with Gasteiger partial charge in [-0.1, -0.05) is 17.7 Å². The van der Waals surface area contributed by atoms with Crippen LogP contribution in [0.4, 0.5) is 5.69 Å². The number of aliphatic hydroxyl groups is 1. The highest BCUT2D eigenvalue weighted by molar-refractivity contribution is 5.88. The molecule has 1 aromatic rings. The second-order valence-corrected chi connectivity index (χ2v) is 3.46. The van der Waals surface area contributed by atoms with Crippen LogP contribution in [0.1, 0.15) is 12.5 Å². The second kappa shape index (κ2) is 5.79. The van der Waals surface area contributed by atoms with E-state index in [2.05, 4.69) is 15.0 Å². The second-order valence-electron chi connectivity index (χ2n) is 3.46. The third-order valence-electron chi connectivity index (χ3n) is 2.02. The Kier molecular flexibility index (Phi) is 4.39. The van der Waals surface area contributed by atoms with Crippen molar-refractivity contribution in [3.8, 4) is 0 Å². The summed E-state index contributed by atoms with van der Waals surface area (Å²) >= 11 is 0. The summed E-state index contributed by atoms with van der Waals surface area (Å²) < 4.78 is 4.47. The number of carbonyl (C=O) groups is 1. The van der Waals surface area contributed by atoms with Crippen LogP contribution >= 0.6 is 0 Å². The summed E-state index contributed by atoms with van der Waals surface area (Å²) in [6.07, 6.45) is 0. The quantitative estimate of drug-likeness (QED) is 0.378. The van der Waals surface area contributed by atoms with Crippen molar-refractivity contribution >= 4 is 11.7 Å². The van der Waals surface area contributed by atoms with Crippen molar-refractivity contribution in [1.82, 2.24) is 0 Å². The highest BCUT2D eigenvalue weighted by Gasteiger charge is 2.12. The highest BCUT2D eigenvalue weighted by Crippen LogP contribution is 2.15. The molecule has 0 aliphatic carbocycles. The largest absolute Gasteiger partial charge is 0.510 e. The van der Waals surface area contributed by atoms with Gasteiger partial charge in [0.05, 0.1) is 12.8 Å². The number of hydrogen-bond donors (Lipinski definition) is 1. The number of aliphatic hydroxyl groups excluding tert-OH is 1. The summed E-state index contributed by atoms with van der Waals surface area (Å²) in [4.78, 5) is 11.2. The first-order chi connectivity index (χ1) is 8.04. The van der Waals surface area contributed by atoms with Gasteiger partial charge in [0.1, 0.15) is 5.76 Å². The van der Waals surface area contributed by atoms with Crippen molar-refractivity contribution in [2.45, 2.75) is 13.8 Å². The van der Waals surface area contributed by atoms with E-state index < -0.39 is 5.97 Å². The lowest BCUT2D eigenvalue weighted by molar-refractivity contribution is -0.136. The Bertz CT molecular complexity index is 457. The average molecular weight is 234 g/mol. The highest BCUT2D eigenvalue weighted by atomic mass is 16.5. The predicted octanol–water partition coefficient (Wildman–Crippen LogP) is 3.04. The van der Waals surface area contributed by atoms with Gasteiger partial charge in [-0.25, -0.2) is 4.79 Å². The van der Waals surface area contributed by atoms with Crippen LogP contribution in [0.5, 0.6) is 0 Å². The molecule has 1 N–H and O–H groups in total. The SMILES string of the molecule is COC(=O)C(N=Nc1ccc(C)cc1)=C(C)O. The van der Waals surface area contributed by atoms with Gasteiger partial charge in [-0.05, 0) is 26.0 Å². The number of esters is 1. The molecule has 0 fully saturated rings. The van der Waals surface area contributed by atoms with E-state index in [0.717, 1.165) is 5.56 Å². The van der Waals surface area contributed by atoms with Crippen LogP contribution in [0.25, 0.3) is 0 Å².